The first-order valence-corrected chi connectivity index (χ1v) is 6.00. The summed E-state index contributed by atoms with van der Waals surface area (Å²) in [5.41, 5.74) is 1.13. The number of halogens is 1. The number of aryl methyl sites for hydroxylation is 1. The van der Waals surface area contributed by atoms with E-state index < -0.39 is 11.6 Å². The Bertz CT molecular complexity index is 611. The van der Waals surface area contributed by atoms with Gasteiger partial charge >= 0.3 is 0 Å². The number of hydrogen-bond donors (Lipinski definition) is 0. The fourth-order valence-corrected chi connectivity index (χ4v) is 1.75. The summed E-state index contributed by atoms with van der Waals surface area (Å²) in [7, 11) is 0. The molecule has 0 spiro atoms. The predicted octanol–water partition coefficient (Wildman–Crippen LogP) is 3.16. The molecular weight excluding hydrogens is 245 g/mol. The fourth-order valence-electron chi connectivity index (χ4n) is 1.75. The van der Waals surface area contributed by atoms with Crippen LogP contribution in [0.2, 0.25) is 0 Å². The Kier molecular flexibility index (Phi) is 3.90. The van der Waals surface area contributed by atoms with Gasteiger partial charge in [-0.3, -0.25) is 9.78 Å². The van der Waals surface area contributed by atoms with E-state index in [1.807, 2.05) is 6.92 Å². The third kappa shape index (κ3) is 2.96. The van der Waals surface area contributed by atoms with Gasteiger partial charge in [0.25, 0.3) is 0 Å². The van der Waals surface area contributed by atoms with Crippen molar-refractivity contribution < 1.29 is 13.9 Å². The summed E-state index contributed by atoms with van der Waals surface area (Å²) in [4.78, 5) is 16.1. The van der Waals surface area contributed by atoms with Gasteiger partial charge in [-0.1, -0.05) is 6.07 Å². The molecule has 0 bridgehead atoms. The maximum Gasteiger partial charge on any atom is 0.197 e. The van der Waals surface area contributed by atoms with Crippen LogP contribution in [0, 0.1) is 12.7 Å². The highest BCUT2D eigenvalue weighted by Gasteiger charge is 2.15. The van der Waals surface area contributed by atoms with E-state index >= 15 is 0 Å². The summed E-state index contributed by atoms with van der Waals surface area (Å²) in [6.07, 6.45) is 2.93. The molecule has 0 radical (unpaired) electrons. The molecule has 0 unspecified atom stereocenters. The van der Waals surface area contributed by atoms with Crippen LogP contribution in [0.3, 0.4) is 0 Å². The Morgan fingerprint density at radius 1 is 1.32 bits per heavy atom. The van der Waals surface area contributed by atoms with E-state index in [9.17, 15) is 9.18 Å². The van der Waals surface area contributed by atoms with Crippen LogP contribution in [0.1, 0.15) is 28.4 Å². The molecule has 19 heavy (non-hydrogen) atoms. The smallest absolute Gasteiger partial charge is 0.197 e. The molecule has 1 aromatic carbocycles. The predicted molar refractivity (Wildman–Crippen MR) is 70.0 cm³/mol. The van der Waals surface area contributed by atoms with Gasteiger partial charge in [-0.25, -0.2) is 4.39 Å². The van der Waals surface area contributed by atoms with Gasteiger partial charge in [0.15, 0.2) is 5.78 Å². The van der Waals surface area contributed by atoms with Gasteiger partial charge in [0.05, 0.1) is 18.4 Å². The molecule has 0 atom stereocenters. The number of ketones is 1. The van der Waals surface area contributed by atoms with E-state index in [0.717, 1.165) is 5.56 Å². The fraction of sp³-hybridized carbons (Fsp3) is 0.200. The quantitative estimate of drug-likeness (QED) is 0.792. The van der Waals surface area contributed by atoms with E-state index in [4.69, 9.17) is 4.74 Å². The first kappa shape index (κ1) is 13.2. The average Bonchev–Trinajstić information content (AvgIpc) is 2.39. The van der Waals surface area contributed by atoms with Gasteiger partial charge in [0, 0.05) is 11.8 Å². The molecule has 4 heteroatoms. The number of benzene rings is 1. The molecule has 2 aromatic rings. The van der Waals surface area contributed by atoms with Crippen LogP contribution in [0.5, 0.6) is 5.75 Å². The summed E-state index contributed by atoms with van der Waals surface area (Å²) in [5, 5.41) is 0. The van der Waals surface area contributed by atoms with Crippen LogP contribution in [0.4, 0.5) is 4.39 Å². The lowest BCUT2D eigenvalue weighted by atomic mass is 10.0. The zero-order chi connectivity index (χ0) is 13.8. The highest BCUT2D eigenvalue weighted by atomic mass is 19.1. The van der Waals surface area contributed by atoms with Crippen molar-refractivity contribution in [1.82, 2.24) is 4.98 Å². The first-order valence-electron chi connectivity index (χ1n) is 6.00. The molecule has 2 rings (SSSR count). The normalized spacial score (nSPS) is 10.3. The van der Waals surface area contributed by atoms with Crippen LogP contribution < -0.4 is 4.74 Å². The van der Waals surface area contributed by atoms with E-state index in [0.29, 0.717) is 17.9 Å². The summed E-state index contributed by atoms with van der Waals surface area (Å²) in [6.45, 7) is 4.10. The Morgan fingerprint density at radius 2 is 2.11 bits per heavy atom. The second-order valence-electron chi connectivity index (χ2n) is 4.15. The lowest BCUT2D eigenvalue weighted by Crippen LogP contribution is -2.05. The van der Waals surface area contributed by atoms with E-state index in [1.165, 1.54) is 24.5 Å². The van der Waals surface area contributed by atoms with Crippen molar-refractivity contribution in [2.75, 3.05) is 6.61 Å². The van der Waals surface area contributed by atoms with Crippen molar-refractivity contribution in [2.24, 2.45) is 0 Å². The standard InChI is InChI=1S/C15H14FNO2/c1-3-19-12-7-11(8-17-9-12)15(18)13-5-4-10(2)6-14(13)16/h4-9H,3H2,1-2H3. The minimum absolute atomic E-state index is 0.0426. The van der Waals surface area contributed by atoms with Crippen LogP contribution in [0.25, 0.3) is 0 Å². The number of carbonyl (C=O) groups excluding carboxylic acids is 1. The number of hydrogen-bond acceptors (Lipinski definition) is 3. The van der Waals surface area contributed by atoms with Crippen LogP contribution >= 0.6 is 0 Å². The maximum absolute atomic E-state index is 13.8. The van der Waals surface area contributed by atoms with Gasteiger partial charge < -0.3 is 4.74 Å². The van der Waals surface area contributed by atoms with Crippen LogP contribution in [-0.4, -0.2) is 17.4 Å². The van der Waals surface area contributed by atoms with Crippen molar-refractivity contribution in [3.05, 3.63) is 59.2 Å². The summed E-state index contributed by atoms with van der Waals surface area (Å²) >= 11 is 0. The number of ether oxygens (including phenoxy) is 1. The molecule has 0 saturated carbocycles. The number of rotatable bonds is 4. The monoisotopic (exact) mass is 259 g/mol. The highest BCUT2D eigenvalue weighted by molar-refractivity contribution is 6.09. The Hall–Kier alpha value is -2.23. The minimum atomic E-state index is -0.521. The molecule has 98 valence electrons. The molecule has 0 saturated heterocycles. The molecule has 3 nitrogen and oxygen atoms in total. The number of nitrogens with zero attached hydrogens (tertiary/aromatic N) is 1. The van der Waals surface area contributed by atoms with Crippen molar-refractivity contribution in [2.45, 2.75) is 13.8 Å². The maximum atomic E-state index is 13.8. The van der Waals surface area contributed by atoms with Crippen molar-refractivity contribution in [1.29, 1.82) is 0 Å². The lowest BCUT2D eigenvalue weighted by Gasteiger charge is -2.06. The van der Waals surface area contributed by atoms with Crippen molar-refractivity contribution in [3.63, 3.8) is 0 Å². The number of pyridine rings is 1. The second-order valence-corrected chi connectivity index (χ2v) is 4.15. The Morgan fingerprint density at radius 3 is 2.79 bits per heavy atom. The lowest BCUT2D eigenvalue weighted by molar-refractivity contribution is 0.103. The summed E-state index contributed by atoms with van der Waals surface area (Å²) in [6, 6.07) is 6.10. The van der Waals surface area contributed by atoms with E-state index in [2.05, 4.69) is 4.98 Å². The van der Waals surface area contributed by atoms with E-state index in [1.54, 1.807) is 19.1 Å². The SMILES string of the molecule is CCOc1cncc(C(=O)c2ccc(C)cc2F)c1. The van der Waals surface area contributed by atoms with Gasteiger partial charge in [0.1, 0.15) is 11.6 Å². The summed E-state index contributed by atoms with van der Waals surface area (Å²) < 4.78 is 19.0. The van der Waals surface area contributed by atoms with Gasteiger partial charge in [-0.15, -0.1) is 0 Å². The van der Waals surface area contributed by atoms with Gasteiger partial charge in [0.2, 0.25) is 0 Å². The number of aromatic nitrogens is 1. The van der Waals surface area contributed by atoms with Gasteiger partial charge in [-0.05, 0) is 37.6 Å². The summed E-state index contributed by atoms with van der Waals surface area (Å²) in [5.74, 6) is -0.417. The third-order valence-corrected chi connectivity index (χ3v) is 2.66. The molecule has 0 amide bonds. The average molecular weight is 259 g/mol. The molecule has 1 aromatic heterocycles. The topological polar surface area (TPSA) is 39.2 Å². The minimum Gasteiger partial charge on any atom is -0.492 e. The Labute approximate surface area is 111 Å². The number of carbonyl (C=O) groups is 1. The van der Waals surface area contributed by atoms with E-state index in [-0.39, 0.29) is 5.56 Å². The zero-order valence-corrected chi connectivity index (χ0v) is 10.8. The molecular formula is C15H14FNO2. The molecule has 0 aliphatic rings. The van der Waals surface area contributed by atoms with Crippen molar-refractivity contribution >= 4 is 5.78 Å². The molecule has 1 heterocycles. The molecule has 0 aliphatic carbocycles. The van der Waals surface area contributed by atoms with Gasteiger partial charge in [-0.2, -0.15) is 0 Å². The van der Waals surface area contributed by atoms with Crippen molar-refractivity contribution in [3.8, 4) is 5.75 Å². The molecule has 0 N–H and O–H groups in total. The Balaban J connectivity index is 2.35. The van der Waals surface area contributed by atoms with Crippen LogP contribution in [-0.2, 0) is 0 Å². The largest absolute Gasteiger partial charge is 0.492 e. The van der Waals surface area contributed by atoms with Crippen LogP contribution in [0.15, 0.2) is 36.7 Å². The third-order valence-electron chi connectivity index (χ3n) is 2.66. The molecule has 0 fully saturated rings. The molecule has 0 aliphatic heterocycles. The second kappa shape index (κ2) is 5.61. The highest BCUT2D eigenvalue weighted by Crippen LogP contribution is 2.18. The zero-order valence-electron chi connectivity index (χ0n) is 10.8. The first-order chi connectivity index (χ1) is 9.11.